The molecule has 2 aromatic rings. The predicted molar refractivity (Wildman–Crippen MR) is 68.1 cm³/mol. The van der Waals surface area contributed by atoms with Crippen LogP contribution in [0.3, 0.4) is 0 Å². The van der Waals surface area contributed by atoms with Crippen molar-refractivity contribution in [2.75, 3.05) is 7.11 Å². The van der Waals surface area contributed by atoms with E-state index in [9.17, 15) is 0 Å². The number of nitrogens with zero attached hydrogens (tertiary/aromatic N) is 3. The SMILES string of the molecule is COc1ccc(-c2csc(C(C#N)C#N)n2)cc1. The predicted octanol–water partition coefficient (Wildman–Crippen LogP) is 2.95. The molecule has 88 valence electrons. The fraction of sp³-hybridized carbons (Fsp3) is 0.154. The van der Waals surface area contributed by atoms with Gasteiger partial charge in [-0.3, -0.25) is 0 Å². The Morgan fingerprint density at radius 3 is 2.44 bits per heavy atom. The van der Waals surface area contributed by atoms with Gasteiger partial charge in [0.05, 0.1) is 24.9 Å². The summed E-state index contributed by atoms with van der Waals surface area (Å²) >= 11 is 1.32. The molecule has 0 atom stereocenters. The Kier molecular flexibility index (Phi) is 3.57. The van der Waals surface area contributed by atoms with Crippen LogP contribution < -0.4 is 4.74 Å². The summed E-state index contributed by atoms with van der Waals surface area (Å²) in [4.78, 5) is 4.31. The van der Waals surface area contributed by atoms with Gasteiger partial charge in [-0.1, -0.05) is 0 Å². The zero-order valence-corrected chi connectivity index (χ0v) is 10.4. The molecule has 0 aliphatic heterocycles. The largest absolute Gasteiger partial charge is 0.497 e. The summed E-state index contributed by atoms with van der Waals surface area (Å²) in [7, 11) is 1.61. The molecular formula is C13H9N3OS. The summed E-state index contributed by atoms with van der Waals surface area (Å²) < 4.78 is 5.08. The number of ether oxygens (including phenoxy) is 1. The second kappa shape index (κ2) is 5.31. The lowest BCUT2D eigenvalue weighted by molar-refractivity contribution is 0.415. The third-order valence-corrected chi connectivity index (χ3v) is 3.32. The van der Waals surface area contributed by atoms with Gasteiger partial charge in [0.2, 0.25) is 0 Å². The van der Waals surface area contributed by atoms with Crippen LogP contribution >= 0.6 is 11.3 Å². The normalized spacial score (nSPS) is 9.78. The molecule has 2 rings (SSSR count). The van der Waals surface area contributed by atoms with Crippen molar-refractivity contribution in [2.45, 2.75) is 5.92 Å². The Hall–Kier alpha value is -2.37. The Morgan fingerprint density at radius 1 is 1.22 bits per heavy atom. The van der Waals surface area contributed by atoms with Crippen LogP contribution in [0.2, 0.25) is 0 Å². The van der Waals surface area contributed by atoms with Crippen LogP contribution in [0.4, 0.5) is 0 Å². The molecule has 1 aromatic carbocycles. The van der Waals surface area contributed by atoms with Crippen molar-refractivity contribution in [2.24, 2.45) is 0 Å². The van der Waals surface area contributed by atoms with E-state index >= 15 is 0 Å². The summed E-state index contributed by atoms with van der Waals surface area (Å²) in [6.07, 6.45) is 0. The number of thiazole rings is 1. The van der Waals surface area contributed by atoms with Crippen LogP contribution in [0.25, 0.3) is 11.3 Å². The average molecular weight is 255 g/mol. The van der Waals surface area contributed by atoms with Crippen molar-refractivity contribution >= 4 is 11.3 Å². The molecule has 0 bridgehead atoms. The van der Waals surface area contributed by atoms with Crippen LogP contribution in [0.1, 0.15) is 10.9 Å². The third kappa shape index (κ3) is 2.32. The van der Waals surface area contributed by atoms with E-state index in [-0.39, 0.29) is 0 Å². The van der Waals surface area contributed by atoms with Gasteiger partial charge < -0.3 is 4.74 Å². The first kappa shape index (κ1) is 12.1. The lowest BCUT2D eigenvalue weighted by Crippen LogP contribution is -1.90. The van der Waals surface area contributed by atoms with Crippen LogP contribution in [-0.4, -0.2) is 12.1 Å². The Bertz CT molecular complexity index is 605. The van der Waals surface area contributed by atoms with E-state index in [1.807, 2.05) is 41.8 Å². The fourth-order valence-corrected chi connectivity index (χ4v) is 2.27. The molecule has 18 heavy (non-hydrogen) atoms. The molecule has 4 nitrogen and oxygen atoms in total. The third-order valence-electron chi connectivity index (χ3n) is 2.41. The lowest BCUT2D eigenvalue weighted by Gasteiger charge is -2.00. The monoisotopic (exact) mass is 255 g/mol. The molecule has 0 N–H and O–H groups in total. The van der Waals surface area contributed by atoms with Crippen LogP contribution in [0.15, 0.2) is 29.6 Å². The van der Waals surface area contributed by atoms with Gasteiger partial charge in [0, 0.05) is 10.9 Å². The molecule has 0 saturated heterocycles. The summed E-state index contributed by atoms with van der Waals surface area (Å²) in [5.74, 6) is -0.0110. The Labute approximate surface area is 109 Å². The van der Waals surface area contributed by atoms with E-state index in [1.54, 1.807) is 7.11 Å². The maximum absolute atomic E-state index is 8.81. The molecule has 0 fully saturated rings. The first-order chi connectivity index (χ1) is 8.78. The molecule has 0 saturated carbocycles. The number of rotatable bonds is 3. The minimum absolute atomic E-state index is 0.533. The molecule has 0 spiro atoms. The molecule has 0 aliphatic rings. The second-order valence-corrected chi connectivity index (χ2v) is 4.38. The van der Waals surface area contributed by atoms with Gasteiger partial charge in [-0.2, -0.15) is 10.5 Å². The smallest absolute Gasteiger partial charge is 0.184 e. The molecule has 0 radical (unpaired) electrons. The zero-order valence-electron chi connectivity index (χ0n) is 9.62. The first-order valence-electron chi connectivity index (χ1n) is 5.17. The van der Waals surface area contributed by atoms with Gasteiger partial charge in [-0.15, -0.1) is 11.3 Å². The quantitative estimate of drug-likeness (QED) is 0.845. The van der Waals surface area contributed by atoms with Gasteiger partial charge >= 0.3 is 0 Å². The van der Waals surface area contributed by atoms with E-state index in [4.69, 9.17) is 15.3 Å². The minimum atomic E-state index is -0.790. The van der Waals surface area contributed by atoms with E-state index < -0.39 is 5.92 Å². The molecule has 1 aromatic heterocycles. The highest BCUT2D eigenvalue weighted by molar-refractivity contribution is 7.10. The molecular weight excluding hydrogens is 246 g/mol. The fourth-order valence-electron chi connectivity index (χ4n) is 1.45. The highest BCUT2D eigenvalue weighted by atomic mass is 32.1. The average Bonchev–Trinajstić information content (AvgIpc) is 2.90. The van der Waals surface area contributed by atoms with Crippen LogP contribution in [0.5, 0.6) is 5.75 Å². The second-order valence-electron chi connectivity index (χ2n) is 3.49. The summed E-state index contributed by atoms with van der Waals surface area (Å²) in [6.45, 7) is 0. The highest BCUT2D eigenvalue weighted by Gasteiger charge is 2.14. The molecule has 1 heterocycles. The maximum Gasteiger partial charge on any atom is 0.184 e. The number of hydrogen-bond acceptors (Lipinski definition) is 5. The van der Waals surface area contributed by atoms with Crippen LogP contribution in [-0.2, 0) is 0 Å². The van der Waals surface area contributed by atoms with Crippen molar-refractivity contribution in [3.05, 3.63) is 34.7 Å². The topological polar surface area (TPSA) is 69.7 Å². The minimum Gasteiger partial charge on any atom is -0.497 e. The van der Waals surface area contributed by atoms with Gasteiger partial charge in [0.25, 0.3) is 0 Å². The van der Waals surface area contributed by atoms with E-state index in [0.717, 1.165) is 17.0 Å². The van der Waals surface area contributed by atoms with E-state index in [2.05, 4.69) is 4.98 Å². The molecule has 0 unspecified atom stereocenters. The van der Waals surface area contributed by atoms with Crippen LogP contribution in [0, 0.1) is 22.7 Å². The van der Waals surface area contributed by atoms with Gasteiger partial charge in [-0.05, 0) is 24.3 Å². The number of hydrogen-bond donors (Lipinski definition) is 0. The van der Waals surface area contributed by atoms with Gasteiger partial charge in [0.15, 0.2) is 5.92 Å². The number of aromatic nitrogens is 1. The molecule has 0 amide bonds. The maximum atomic E-state index is 8.81. The standard InChI is InChI=1S/C13H9N3OS/c1-17-11-4-2-9(3-5-11)12-8-18-13(16-12)10(6-14)7-15/h2-5,8,10H,1H3. The van der Waals surface area contributed by atoms with Gasteiger partial charge in [0.1, 0.15) is 10.8 Å². The number of nitriles is 2. The zero-order chi connectivity index (χ0) is 13.0. The van der Waals surface area contributed by atoms with Crippen molar-refractivity contribution < 1.29 is 4.74 Å². The lowest BCUT2D eigenvalue weighted by atomic mass is 10.1. The molecule has 0 aliphatic carbocycles. The van der Waals surface area contributed by atoms with Crippen molar-refractivity contribution in [3.8, 4) is 29.1 Å². The van der Waals surface area contributed by atoms with Gasteiger partial charge in [-0.25, -0.2) is 4.98 Å². The Balaban J connectivity index is 2.30. The first-order valence-corrected chi connectivity index (χ1v) is 6.05. The molecule has 5 heteroatoms. The number of methoxy groups -OCH3 is 1. The number of benzene rings is 1. The van der Waals surface area contributed by atoms with Crippen molar-refractivity contribution in [3.63, 3.8) is 0 Å². The van der Waals surface area contributed by atoms with Crippen molar-refractivity contribution in [1.82, 2.24) is 4.98 Å². The highest BCUT2D eigenvalue weighted by Crippen LogP contribution is 2.27. The summed E-state index contributed by atoms with van der Waals surface area (Å²) in [5, 5.41) is 20.0. The van der Waals surface area contributed by atoms with E-state index in [1.165, 1.54) is 11.3 Å². The van der Waals surface area contributed by atoms with E-state index in [0.29, 0.717) is 5.01 Å². The summed E-state index contributed by atoms with van der Waals surface area (Å²) in [6, 6.07) is 11.3. The van der Waals surface area contributed by atoms with Crippen molar-refractivity contribution in [1.29, 1.82) is 10.5 Å². The Morgan fingerprint density at radius 2 is 1.89 bits per heavy atom. The summed E-state index contributed by atoms with van der Waals surface area (Å²) in [5.41, 5.74) is 1.71.